The molecule has 15 heavy (non-hydrogen) atoms. The molecule has 80 valence electrons. The first-order valence-corrected chi connectivity index (χ1v) is 4.52. The Kier molecular flexibility index (Phi) is 3.93. The van der Waals surface area contributed by atoms with E-state index in [1.165, 1.54) is 18.2 Å². The number of nitro benzene ring substituents is 1. The lowest BCUT2D eigenvalue weighted by Crippen LogP contribution is -2.02. The Bertz CT molecular complexity index is 364. The number of aliphatic hydroxyl groups excluding tert-OH is 1. The maximum Gasteiger partial charge on any atom is 0.275 e. The number of aliphatic hydroxyl groups is 1. The molecular formula is C10H11NO4. The van der Waals surface area contributed by atoms with Crippen LogP contribution in [0.1, 0.15) is 24.5 Å². The number of benzene rings is 1. The third kappa shape index (κ3) is 2.85. The van der Waals surface area contributed by atoms with E-state index in [4.69, 9.17) is 0 Å². The van der Waals surface area contributed by atoms with Gasteiger partial charge in [-0.3, -0.25) is 10.1 Å². The van der Waals surface area contributed by atoms with Crippen molar-refractivity contribution in [2.24, 2.45) is 0 Å². The number of para-hydroxylation sites is 1. The monoisotopic (exact) mass is 209 g/mol. The summed E-state index contributed by atoms with van der Waals surface area (Å²) in [5.74, 6) is 0. The van der Waals surface area contributed by atoms with E-state index in [1.54, 1.807) is 6.07 Å². The zero-order chi connectivity index (χ0) is 11.3. The number of nitrogens with zero attached hydrogens (tertiary/aromatic N) is 1. The fourth-order valence-electron chi connectivity index (χ4n) is 1.32. The van der Waals surface area contributed by atoms with E-state index in [2.05, 4.69) is 0 Å². The van der Waals surface area contributed by atoms with Crippen molar-refractivity contribution >= 4 is 12.0 Å². The lowest BCUT2D eigenvalue weighted by molar-refractivity contribution is -0.386. The van der Waals surface area contributed by atoms with Gasteiger partial charge in [0.25, 0.3) is 5.69 Å². The van der Waals surface area contributed by atoms with Crippen LogP contribution in [0.2, 0.25) is 0 Å². The standard InChI is InChI=1S/C10H11NO4/c12-7-3-6-10(13)8-4-1-2-5-9(8)11(14)15/h1-2,4-5,7,10,13H,3,6H2. The molecule has 0 aliphatic rings. The minimum absolute atomic E-state index is 0.115. The number of rotatable bonds is 5. The van der Waals surface area contributed by atoms with E-state index in [0.29, 0.717) is 6.29 Å². The van der Waals surface area contributed by atoms with Gasteiger partial charge in [0.1, 0.15) is 6.29 Å². The molecule has 1 atom stereocenters. The summed E-state index contributed by atoms with van der Waals surface area (Å²) in [6.45, 7) is 0. The Hall–Kier alpha value is -1.75. The van der Waals surface area contributed by atoms with Crippen molar-refractivity contribution in [3.05, 3.63) is 39.9 Å². The Balaban J connectivity index is 2.91. The normalized spacial score (nSPS) is 12.1. The summed E-state index contributed by atoms with van der Waals surface area (Å²) in [6, 6.07) is 5.98. The summed E-state index contributed by atoms with van der Waals surface area (Å²) < 4.78 is 0. The summed E-state index contributed by atoms with van der Waals surface area (Å²) in [5.41, 5.74) is 0.139. The van der Waals surface area contributed by atoms with Crippen molar-refractivity contribution in [3.8, 4) is 0 Å². The van der Waals surface area contributed by atoms with Crippen molar-refractivity contribution < 1.29 is 14.8 Å². The highest BCUT2D eigenvalue weighted by Crippen LogP contribution is 2.27. The molecule has 0 saturated heterocycles. The molecule has 0 saturated carbocycles. The molecule has 0 aliphatic heterocycles. The van der Waals surface area contributed by atoms with Gasteiger partial charge >= 0.3 is 0 Å². The minimum atomic E-state index is -0.961. The molecule has 1 aromatic rings. The first kappa shape index (κ1) is 11.3. The van der Waals surface area contributed by atoms with Crippen LogP contribution in [0.25, 0.3) is 0 Å². The van der Waals surface area contributed by atoms with Crippen LogP contribution in [0.3, 0.4) is 0 Å². The van der Waals surface area contributed by atoms with Gasteiger partial charge in [0.2, 0.25) is 0 Å². The third-order valence-corrected chi connectivity index (χ3v) is 2.05. The van der Waals surface area contributed by atoms with Gasteiger partial charge in [0.05, 0.1) is 16.6 Å². The summed E-state index contributed by atoms with van der Waals surface area (Å²) in [5, 5.41) is 20.2. The third-order valence-electron chi connectivity index (χ3n) is 2.05. The maximum absolute atomic E-state index is 10.6. The lowest BCUT2D eigenvalue weighted by Gasteiger charge is -2.08. The van der Waals surface area contributed by atoms with E-state index in [9.17, 15) is 20.0 Å². The molecule has 0 radical (unpaired) electrons. The molecule has 1 rings (SSSR count). The second-order valence-corrected chi connectivity index (χ2v) is 3.08. The SMILES string of the molecule is O=CCCC(O)c1ccccc1[N+](=O)[O-]. The zero-order valence-electron chi connectivity index (χ0n) is 8.00. The van der Waals surface area contributed by atoms with E-state index in [0.717, 1.165) is 0 Å². The quantitative estimate of drug-likeness (QED) is 0.453. The van der Waals surface area contributed by atoms with E-state index in [1.807, 2.05) is 0 Å². The van der Waals surface area contributed by atoms with E-state index >= 15 is 0 Å². The van der Waals surface area contributed by atoms with Crippen LogP contribution in [0.15, 0.2) is 24.3 Å². The van der Waals surface area contributed by atoms with E-state index < -0.39 is 11.0 Å². The number of hydrogen-bond acceptors (Lipinski definition) is 4. The predicted molar refractivity (Wildman–Crippen MR) is 53.4 cm³/mol. The Labute approximate surface area is 86.5 Å². The maximum atomic E-state index is 10.6. The number of carbonyl (C=O) groups excluding carboxylic acids is 1. The van der Waals surface area contributed by atoms with Crippen LogP contribution in [0.4, 0.5) is 5.69 Å². The van der Waals surface area contributed by atoms with Crippen LogP contribution in [0.5, 0.6) is 0 Å². The zero-order valence-corrected chi connectivity index (χ0v) is 8.00. The lowest BCUT2D eigenvalue weighted by atomic mass is 10.0. The average molecular weight is 209 g/mol. The van der Waals surface area contributed by atoms with Gasteiger partial charge in [-0.1, -0.05) is 12.1 Å². The largest absolute Gasteiger partial charge is 0.388 e. The van der Waals surface area contributed by atoms with Crippen LogP contribution in [-0.2, 0) is 4.79 Å². The van der Waals surface area contributed by atoms with Gasteiger partial charge in [0.15, 0.2) is 0 Å². The molecule has 0 amide bonds. The van der Waals surface area contributed by atoms with Crippen molar-refractivity contribution in [2.45, 2.75) is 18.9 Å². The Morgan fingerprint density at radius 2 is 2.13 bits per heavy atom. The molecule has 0 aliphatic carbocycles. The number of aldehydes is 1. The first-order valence-electron chi connectivity index (χ1n) is 4.52. The van der Waals surface area contributed by atoms with Crippen LogP contribution in [0, 0.1) is 10.1 Å². The Morgan fingerprint density at radius 3 is 2.73 bits per heavy atom. The molecule has 1 aromatic carbocycles. The molecular weight excluding hydrogens is 198 g/mol. The molecule has 5 heteroatoms. The highest BCUT2D eigenvalue weighted by atomic mass is 16.6. The molecule has 0 spiro atoms. The minimum Gasteiger partial charge on any atom is -0.388 e. The predicted octanol–water partition coefficient (Wildman–Crippen LogP) is 1.61. The Morgan fingerprint density at radius 1 is 1.47 bits per heavy atom. The van der Waals surface area contributed by atoms with Crippen molar-refractivity contribution in [1.29, 1.82) is 0 Å². The van der Waals surface area contributed by atoms with Gasteiger partial charge in [0, 0.05) is 12.5 Å². The van der Waals surface area contributed by atoms with Gasteiger partial charge in [-0.2, -0.15) is 0 Å². The highest BCUT2D eigenvalue weighted by Gasteiger charge is 2.18. The molecule has 0 heterocycles. The smallest absolute Gasteiger partial charge is 0.275 e. The average Bonchev–Trinajstić information content (AvgIpc) is 2.25. The number of hydrogen-bond donors (Lipinski definition) is 1. The second-order valence-electron chi connectivity index (χ2n) is 3.08. The molecule has 0 fully saturated rings. The number of carbonyl (C=O) groups is 1. The van der Waals surface area contributed by atoms with Crippen LogP contribution < -0.4 is 0 Å². The van der Waals surface area contributed by atoms with Crippen LogP contribution >= 0.6 is 0 Å². The number of nitro groups is 1. The van der Waals surface area contributed by atoms with E-state index in [-0.39, 0.29) is 24.1 Å². The first-order chi connectivity index (χ1) is 7.16. The van der Waals surface area contributed by atoms with Crippen molar-refractivity contribution in [3.63, 3.8) is 0 Å². The van der Waals surface area contributed by atoms with Gasteiger partial charge in [-0.15, -0.1) is 0 Å². The van der Waals surface area contributed by atoms with Crippen molar-refractivity contribution in [1.82, 2.24) is 0 Å². The summed E-state index contributed by atoms with van der Waals surface area (Å²) >= 11 is 0. The van der Waals surface area contributed by atoms with Gasteiger partial charge in [-0.05, 0) is 12.5 Å². The molecule has 1 N–H and O–H groups in total. The molecule has 0 aromatic heterocycles. The molecule has 1 unspecified atom stereocenters. The molecule has 0 bridgehead atoms. The summed E-state index contributed by atoms with van der Waals surface area (Å²) in [6.07, 6.45) is 0.108. The summed E-state index contributed by atoms with van der Waals surface area (Å²) in [4.78, 5) is 20.2. The highest BCUT2D eigenvalue weighted by molar-refractivity contribution is 5.49. The van der Waals surface area contributed by atoms with Crippen LogP contribution in [-0.4, -0.2) is 16.3 Å². The fraction of sp³-hybridized carbons (Fsp3) is 0.300. The topological polar surface area (TPSA) is 80.4 Å². The second kappa shape index (κ2) is 5.21. The van der Waals surface area contributed by atoms with Gasteiger partial charge in [-0.25, -0.2) is 0 Å². The van der Waals surface area contributed by atoms with Crippen molar-refractivity contribution in [2.75, 3.05) is 0 Å². The molecule has 5 nitrogen and oxygen atoms in total. The fourth-order valence-corrected chi connectivity index (χ4v) is 1.32. The summed E-state index contributed by atoms with van der Waals surface area (Å²) in [7, 11) is 0. The van der Waals surface area contributed by atoms with Gasteiger partial charge < -0.3 is 9.90 Å².